The van der Waals surface area contributed by atoms with Crippen molar-refractivity contribution in [3.63, 3.8) is 0 Å². The first-order valence-corrected chi connectivity index (χ1v) is 12.4. The molecular formula is C25H29N3O5S. The Hall–Kier alpha value is -3.20. The molecule has 1 aromatic heterocycles. The van der Waals surface area contributed by atoms with Crippen LogP contribution < -0.4 is 19.1 Å². The van der Waals surface area contributed by atoms with Gasteiger partial charge in [0, 0.05) is 17.8 Å². The summed E-state index contributed by atoms with van der Waals surface area (Å²) in [4.78, 5) is 14.9. The third-order valence-electron chi connectivity index (χ3n) is 5.34. The van der Waals surface area contributed by atoms with Gasteiger partial charge >= 0.3 is 0 Å². The van der Waals surface area contributed by atoms with Gasteiger partial charge in [-0.25, -0.2) is 0 Å². The lowest BCUT2D eigenvalue weighted by molar-refractivity contribution is -0.117. The number of ether oxygens (including phenoxy) is 3. The number of nitrogens with zero attached hydrogens (tertiary/aromatic N) is 3. The molecule has 4 rings (SSSR count). The van der Waals surface area contributed by atoms with E-state index in [1.807, 2.05) is 50.8 Å². The summed E-state index contributed by atoms with van der Waals surface area (Å²) in [6.07, 6.45) is 0.867. The second-order valence-electron chi connectivity index (χ2n) is 7.60. The van der Waals surface area contributed by atoms with Crippen molar-refractivity contribution >= 4 is 23.4 Å². The van der Waals surface area contributed by atoms with Crippen molar-refractivity contribution in [1.29, 1.82) is 0 Å². The zero-order chi connectivity index (χ0) is 24.1. The number of amides is 1. The van der Waals surface area contributed by atoms with Gasteiger partial charge in [0.25, 0.3) is 5.22 Å². The van der Waals surface area contributed by atoms with E-state index in [9.17, 15) is 4.79 Å². The Morgan fingerprint density at radius 3 is 2.41 bits per heavy atom. The van der Waals surface area contributed by atoms with E-state index in [2.05, 4.69) is 16.3 Å². The van der Waals surface area contributed by atoms with Gasteiger partial charge in [-0.1, -0.05) is 30.0 Å². The van der Waals surface area contributed by atoms with Crippen LogP contribution in [-0.4, -0.2) is 47.7 Å². The Kier molecular flexibility index (Phi) is 7.62. The van der Waals surface area contributed by atoms with E-state index >= 15 is 0 Å². The van der Waals surface area contributed by atoms with Crippen molar-refractivity contribution in [2.45, 2.75) is 44.6 Å². The monoisotopic (exact) mass is 483 g/mol. The van der Waals surface area contributed by atoms with Crippen LogP contribution in [0.3, 0.4) is 0 Å². The lowest BCUT2D eigenvalue weighted by Crippen LogP contribution is -2.35. The van der Waals surface area contributed by atoms with Crippen molar-refractivity contribution in [3.05, 3.63) is 42.0 Å². The predicted octanol–water partition coefficient (Wildman–Crippen LogP) is 5.00. The normalized spacial score (nSPS) is 13.5. The third-order valence-corrected chi connectivity index (χ3v) is 6.26. The van der Waals surface area contributed by atoms with Crippen LogP contribution in [-0.2, 0) is 11.2 Å². The molecule has 34 heavy (non-hydrogen) atoms. The van der Waals surface area contributed by atoms with E-state index in [1.54, 1.807) is 12.1 Å². The highest BCUT2D eigenvalue weighted by Crippen LogP contribution is 2.42. The Labute approximate surface area is 203 Å². The third kappa shape index (κ3) is 4.99. The highest BCUT2D eigenvalue weighted by atomic mass is 32.2. The highest BCUT2D eigenvalue weighted by molar-refractivity contribution is 8.00. The Balaban J connectivity index is 1.53. The summed E-state index contributed by atoms with van der Waals surface area (Å²) in [5, 5.41) is 8.30. The Morgan fingerprint density at radius 1 is 1.06 bits per heavy atom. The molecule has 2 aromatic carbocycles. The molecular weight excluding hydrogens is 454 g/mol. The van der Waals surface area contributed by atoms with Crippen LogP contribution in [0.1, 0.15) is 33.3 Å². The number of anilines is 1. The van der Waals surface area contributed by atoms with Crippen LogP contribution >= 0.6 is 11.8 Å². The van der Waals surface area contributed by atoms with E-state index in [1.165, 1.54) is 17.3 Å². The van der Waals surface area contributed by atoms with Crippen LogP contribution in [0.5, 0.6) is 17.2 Å². The molecule has 0 bridgehead atoms. The van der Waals surface area contributed by atoms with Gasteiger partial charge in [0.05, 0.1) is 25.1 Å². The second kappa shape index (κ2) is 10.8. The first-order valence-electron chi connectivity index (χ1n) is 11.5. The Bertz CT molecular complexity index is 1120. The first kappa shape index (κ1) is 23.9. The number of thioether (sulfide) groups is 1. The van der Waals surface area contributed by atoms with Crippen LogP contribution in [0.2, 0.25) is 0 Å². The van der Waals surface area contributed by atoms with Crippen LogP contribution in [0.25, 0.3) is 11.5 Å². The smallest absolute Gasteiger partial charge is 0.277 e. The number of hydrogen-bond acceptors (Lipinski definition) is 8. The summed E-state index contributed by atoms with van der Waals surface area (Å²) in [6, 6.07) is 11.6. The zero-order valence-corrected chi connectivity index (χ0v) is 20.7. The van der Waals surface area contributed by atoms with Gasteiger partial charge in [-0.05, 0) is 57.9 Å². The first-order chi connectivity index (χ1) is 16.5. The number of aromatic nitrogens is 2. The number of carbonyl (C=O) groups is 1. The zero-order valence-electron chi connectivity index (χ0n) is 19.9. The summed E-state index contributed by atoms with van der Waals surface area (Å²) in [6.45, 7) is 9.68. The molecule has 0 fully saturated rings. The maximum Gasteiger partial charge on any atom is 0.277 e. The number of benzene rings is 2. The average Bonchev–Trinajstić information content (AvgIpc) is 3.48. The fraction of sp³-hybridized carbons (Fsp3) is 0.400. The predicted molar refractivity (Wildman–Crippen MR) is 131 cm³/mol. The minimum Gasteiger partial charge on any atom is -0.490 e. The second-order valence-corrected chi connectivity index (χ2v) is 8.89. The topological polar surface area (TPSA) is 86.9 Å². The fourth-order valence-corrected chi connectivity index (χ4v) is 4.62. The summed E-state index contributed by atoms with van der Waals surface area (Å²) in [5.74, 6) is 1.99. The molecule has 1 aliphatic heterocycles. The van der Waals surface area contributed by atoms with Crippen LogP contribution in [0, 0.1) is 0 Å². The van der Waals surface area contributed by atoms with E-state index in [4.69, 9.17) is 18.6 Å². The molecule has 8 nitrogen and oxygen atoms in total. The van der Waals surface area contributed by atoms with Crippen LogP contribution in [0.15, 0.2) is 46.0 Å². The standard InChI is InChI=1S/C25H29N3O5S/c1-5-30-20-14-18(15-21(31-6-2)22(20)32-7-3)23-26-27-25(33-23)34-16(4)24(29)28-13-12-17-10-8-9-11-19(17)28/h8-11,14-16H,5-7,12-13H2,1-4H3. The number of carbonyl (C=O) groups excluding carboxylic acids is 1. The van der Waals surface area contributed by atoms with Gasteiger partial charge in [-0.3, -0.25) is 4.79 Å². The number of hydrogen-bond donors (Lipinski definition) is 0. The van der Waals surface area contributed by atoms with Crippen molar-refractivity contribution in [3.8, 4) is 28.7 Å². The molecule has 0 saturated heterocycles. The van der Waals surface area contributed by atoms with Gasteiger partial charge < -0.3 is 23.5 Å². The number of rotatable bonds is 10. The summed E-state index contributed by atoms with van der Waals surface area (Å²) in [7, 11) is 0. The van der Waals surface area contributed by atoms with Crippen molar-refractivity contribution < 1.29 is 23.4 Å². The minimum absolute atomic E-state index is 0.0213. The lowest BCUT2D eigenvalue weighted by atomic mass is 10.2. The van der Waals surface area contributed by atoms with Crippen molar-refractivity contribution in [1.82, 2.24) is 10.2 Å². The molecule has 0 saturated carbocycles. The lowest BCUT2D eigenvalue weighted by Gasteiger charge is -2.20. The van der Waals surface area contributed by atoms with Gasteiger partial charge in [-0.2, -0.15) is 0 Å². The van der Waals surface area contributed by atoms with E-state index in [0.29, 0.717) is 60.3 Å². The molecule has 1 amide bonds. The molecule has 0 radical (unpaired) electrons. The molecule has 9 heteroatoms. The summed E-state index contributed by atoms with van der Waals surface area (Å²) < 4.78 is 23.2. The van der Waals surface area contributed by atoms with Crippen molar-refractivity contribution in [2.75, 3.05) is 31.3 Å². The van der Waals surface area contributed by atoms with Gasteiger partial charge in [-0.15, -0.1) is 10.2 Å². The maximum absolute atomic E-state index is 13.1. The van der Waals surface area contributed by atoms with Crippen LogP contribution in [0.4, 0.5) is 5.69 Å². The van der Waals surface area contributed by atoms with E-state index < -0.39 is 0 Å². The molecule has 1 aliphatic rings. The molecule has 0 N–H and O–H groups in total. The minimum atomic E-state index is -0.377. The molecule has 3 aromatic rings. The molecule has 0 spiro atoms. The molecule has 1 unspecified atom stereocenters. The maximum atomic E-state index is 13.1. The number of para-hydroxylation sites is 1. The van der Waals surface area contributed by atoms with Gasteiger partial charge in [0.1, 0.15) is 0 Å². The van der Waals surface area contributed by atoms with E-state index in [0.717, 1.165) is 12.1 Å². The molecule has 180 valence electrons. The Morgan fingerprint density at radius 2 is 1.74 bits per heavy atom. The van der Waals surface area contributed by atoms with Gasteiger partial charge in [0.15, 0.2) is 11.5 Å². The largest absolute Gasteiger partial charge is 0.490 e. The summed E-state index contributed by atoms with van der Waals surface area (Å²) >= 11 is 1.25. The molecule has 1 atom stereocenters. The highest BCUT2D eigenvalue weighted by Gasteiger charge is 2.29. The quantitative estimate of drug-likeness (QED) is 0.372. The fourth-order valence-electron chi connectivity index (χ4n) is 3.87. The van der Waals surface area contributed by atoms with Crippen molar-refractivity contribution in [2.24, 2.45) is 0 Å². The summed E-state index contributed by atoms with van der Waals surface area (Å²) in [5.41, 5.74) is 2.83. The SMILES string of the molecule is CCOc1cc(-c2nnc(SC(C)C(=O)N3CCc4ccccc43)o2)cc(OCC)c1OCC. The van der Waals surface area contributed by atoms with Gasteiger partial charge in [0.2, 0.25) is 17.5 Å². The number of fused-ring (bicyclic) bond motifs is 1. The molecule has 2 heterocycles. The van der Waals surface area contributed by atoms with E-state index in [-0.39, 0.29) is 11.2 Å². The average molecular weight is 484 g/mol. The molecule has 0 aliphatic carbocycles.